The number of hydrogen-bond donors (Lipinski definition) is 2. The molecule has 8 heteroatoms. The van der Waals surface area contributed by atoms with E-state index in [0.29, 0.717) is 11.3 Å². The summed E-state index contributed by atoms with van der Waals surface area (Å²) in [6, 6.07) is 11.5. The van der Waals surface area contributed by atoms with Gasteiger partial charge in [-0.3, -0.25) is 4.79 Å². The highest BCUT2D eigenvalue weighted by Gasteiger charge is 2.11. The summed E-state index contributed by atoms with van der Waals surface area (Å²) in [5.74, 6) is -0.302. The van der Waals surface area contributed by atoms with E-state index in [1.165, 1.54) is 12.1 Å². The van der Waals surface area contributed by atoms with E-state index in [4.69, 9.17) is 5.14 Å². The van der Waals surface area contributed by atoms with Crippen molar-refractivity contribution in [2.24, 2.45) is 5.14 Å². The first-order valence-electron chi connectivity index (χ1n) is 6.77. The molecule has 0 bridgehead atoms. The van der Waals surface area contributed by atoms with Gasteiger partial charge in [-0.1, -0.05) is 18.2 Å². The van der Waals surface area contributed by atoms with E-state index in [2.05, 4.69) is 10.3 Å². The van der Waals surface area contributed by atoms with Crippen LogP contribution in [0.15, 0.2) is 59.8 Å². The van der Waals surface area contributed by atoms with Gasteiger partial charge in [-0.25, -0.2) is 18.5 Å². The number of primary sulfonamides is 1. The average Bonchev–Trinajstić information content (AvgIpc) is 2.96. The number of rotatable bonds is 4. The van der Waals surface area contributed by atoms with Crippen molar-refractivity contribution < 1.29 is 13.2 Å². The van der Waals surface area contributed by atoms with Gasteiger partial charge in [0.15, 0.2) is 0 Å². The molecule has 0 unspecified atom stereocenters. The van der Waals surface area contributed by atoms with Crippen LogP contribution in [0.1, 0.15) is 16.1 Å². The molecule has 0 aliphatic rings. The van der Waals surface area contributed by atoms with E-state index in [0.717, 1.165) is 5.56 Å². The minimum atomic E-state index is -3.71. The van der Waals surface area contributed by atoms with Crippen LogP contribution in [0.3, 0.4) is 0 Å². The summed E-state index contributed by atoms with van der Waals surface area (Å²) in [7, 11) is -3.71. The molecule has 0 aliphatic heterocycles. The maximum absolute atomic E-state index is 12.1. The molecular weight excluding hydrogens is 316 g/mol. The first-order chi connectivity index (χ1) is 10.9. The Hall–Kier alpha value is -2.71. The minimum Gasteiger partial charge on any atom is -0.347 e. The fraction of sp³-hybridized carbons (Fsp3) is 0.0667. The first kappa shape index (κ1) is 15.2. The summed E-state index contributed by atoms with van der Waals surface area (Å²) in [6.07, 6.45) is 3.46. The average molecular weight is 330 g/mol. The van der Waals surface area contributed by atoms with Crippen molar-refractivity contribution in [2.75, 3.05) is 0 Å². The Balaban J connectivity index is 1.69. The van der Waals surface area contributed by atoms with Crippen LogP contribution in [0, 0.1) is 0 Å². The Morgan fingerprint density at radius 3 is 2.57 bits per heavy atom. The van der Waals surface area contributed by atoms with Gasteiger partial charge in [0.2, 0.25) is 10.0 Å². The Bertz CT molecular complexity index is 929. The van der Waals surface area contributed by atoms with Gasteiger partial charge in [0, 0.05) is 18.9 Å². The smallest absolute Gasteiger partial charge is 0.271 e. The van der Waals surface area contributed by atoms with Gasteiger partial charge >= 0.3 is 0 Å². The van der Waals surface area contributed by atoms with Gasteiger partial charge in [-0.05, 0) is 29.8 Å². The molecule has 2 aromatic heterocycles. The van der Waals surface area contributed by atoms with Crippen LogP contribution in [-0.2, 0) is 16.6 Å². The Labute approximate surface area is 132 Å². The van der Waals surface area contributed by atoms with Crippen molar-refractivity contribution in [1.29, 1.82) is 0 Å². The summed E-state index contributed by atoms with van der Waals surface area (Å²) in [5, 5.41) is 7.77. The number of nitrogens with two attached hydrogens (primary N) is 1. The number of aromatic nitrogens is 2. The summed E-state index contributed by atoms with van der Waals surface area (Å²) in [5.41, 5.74) is 1.77. The van der Waals surface area contributed by atoms with Crippen molar-refractivity contribution in [1.82, 2.24) is 14.7 Å². The second-order valence-electron chi connectivity index (χ2n) is 4.96. The molecule has 1 amide bonds. The molecule has 0 saturated carbocycles. The molecule has 0 saturated heterocycles. The normalized spacial score (nSPS) is 11.5. The van der Waals surface area contributed by atoms with E-state index in [-0.39, 0.29) is 17.3 Å². The Morgan fingerprint density at radius 1 is 1.17 bits per heavy atom. The molecule has 118 valence electrons. The van der Waals surface area contributed by atoms with Crippen LogP contribution < -0.4 is 10.5 Å². The number of sulfonamides is 1. The number of nitrogens with zero attached hydrogens (tertiary/aromatic N) is 2. The SMILES string of the molecule is NS(=O)(=O)c1ccc(CNC(=O)c2cn3ccccc3n2)cc1. The molecule has 0 fully saturated rings. The zero-order valence-electron chi connectivity index (χ0n) is 12.0. The van der Waals surface area contributed by atoms with Crippen molar-refractivity contribution in [3.8, 4) is 0 Å². The lowest BCUT2D eigenvalue weighted by atomic mass is 10.2. The van der Waals surface area contributed by atoms with Gasteiger partial charge in [0.1, 0.15) is 11.3 Å². The number of carbonyl (C=O) groups excluding carboxylic acids is 1. The third-order valence-corrected chi connectivity index (χ3v) is 4.23. The highest BCUT2D eigenvalue weighted by Crippen LogP contribution is 2.09. The molecule has 3 rings (SSSR count). The fourth-order valence-corrected chi connectivity index (χ4v) is 2.63. The summed E-state index contributed by atoms with van der Waals surface area (Å²) >= 11 is 0. The number of benzene rings is 1. The minimum absolute atomic E-state index is 0.0351. The summed E-state index contributed by atoms with van der Waals surface area (Å²) in [6.45, 7) is 0.262. The zero-order chi connectivity index (χ0) is 16.4. The molecule has 2 heterocycles. The van der Waals surface area contributed by atoms with E-state index in [9.17, 15) is 13.2 Å². The van der Waals surface area contributed by atoms with Crippen molar-refractivity contribution in [2.45, 2.75) is 11.4 Å². The molecule has 3 N–H and O–H groups in total. The quantitative estimate of drug-likeness (QED) is 0.741. The van der Waals surface area contributed by atoms with E-state index < -0.39 is 10.0 Å². The second-order valence-corrected chi connectivity index (χ2v) is 6.53. The standard InChI is InChI=1S/C15H14N4O3S/c16-23(21,22)12-6-4-11(5-7-12)9-17-15(20)13-10-19-8-2-1-3-14(19)18-13/h1-8,10H,9H2,(H,17,20)(H2,16,21,22). The van der Waals surface area contributed by atoms with Gasteiger partial charge in [0.25, 0.3) is 5.91 Å². The lowest BCUT2D eigenvalue weighted by molar-refractivity contribution is 0.0946. The van der Waals surface area contributed by atoms with E-state index in [1.807, 2.05) is 24.4 Å². The molecule has 1 aromatic carbocycles. The molecule has 7 nitrogen and oxygen atoms in total. The topological polar surface area (TPSA) is 107 Å². The largest absolute Gasteiger partial charge is 0.347 e. The van der Waals surface area contributed by atoms with E-state index in [1.54, 1.807) is 22.7 Å². The second kappa shape index (κ2) is 5.82. The van der Waals surface area contributed by atoms with Crippen molar-refractivity contribution >= 4 is 21.6 Å². The van der Waals surface area contributed by atoms with Crippen molar-refractivity contribution in [3.05, 3.63) is 66.1 Å². The molecule has 0 radical (unpaired) electrons. The van der Waals surface area contributed by atoms with Crippen LogP contribution in [-0.4, -0.2) is 23.7 Å². The number of nitrogens with one attached hydrogen (secondary N) is 1. The predicted octanol–water partition coefficient (Wildman–Crippen LogP) is 0.912. The van der Waals surface area contributed by atoms with Gasteiger partial charge < -0.3 is 9.72 Å². The molecule has 0 atom stereocenters. The Morgan fingerprint density at radius 2 is 1.91 bits per heavy atom. The predicted molar refractivity (Wildman–Crippen MR) is 84.2 cm³/mol. The maximum Gasteiger partial charge on any atom is 0.271 e. The fourth-order valence-electron chi connectivity index (χ4n) is 2.11. The van der Waals surface area contributed by atoms with Gasteiger partial charge in [-0.2, -0.15) is 0 Å². The molecule has 0 aliphatic carbocycles. The summed E-state index contributed by atoms with van der Waals surface area (Å²) in [4.78, 5) is 16.4. The molecular formula is C15H14N4O3S. The van der Waals surface area contributed by atoms with Gasteiger partial charge in [-0.15, -0.1) is 0 Å². The van der Waals surface area contributed by atoms with Crippen LogP contribution in [0.2, 0.25) is 0 Å². The molecule has 0 spiro atoms. The van der Waals surface area contributed by atoms with Crippen LogP contribution >= 0.6 is 0 Å². The lowest BCUT2D eigenvalue weighted by Crippen LogP contribution is -2.23. The molecule has 23 heavy (non-hydrogen) atoms. The zero-order valence-corrected chi connectivity index (χ0v) is 12.8. The first-order valence-corrected chi connectivity index (χ1v) is 8.32. The maximum atomic E-state index is 12.1. The van der Waals surface area contributed by atoms with Crippen LogP contribution in [0.5, 0.6) is 0 Å². The number of hydrogen-bond acceptors (Lipinski definition) is 4. The summed E-state index contributed by atoms with van der Waals surface area (Å²) < 4.78 is 24.1. The number of imidazole rings is 1. The third-order valence-electron chi connectivity index (χ3n) is 3.30. The van der Waals surface area contributed by atoms with Crippen molar-refractivity contribution in [3.63, 3.8) is 0 Å². The molecule has 3 aromatic rings. The highest BCUT2D eigenvalue weighted by molar-refractivity contribution is 7.89. The number of carbonyl (C=O) groups is 1. The van der Waals surface area contributed by atoms with Gasteiger partial charge in [0.05, 0.1) is 4.90 Å². The third kappa shape index (κ3) is 3.38. The highest BCUT2D eigenvalue weighted by atomic mass is 32.2. The Kier molecular flexibility index (Phi) is 3.85. The number of amides is 1. The number of pyridine rings is 1. The van der Waals surface area contributed by atoms with Crippen LogP contribution in [0.25, 0.3) is 5.65 Å². The van der Waals surface area contributed by atoms with E-state index >= 15 is 0 Å². The lowest BCUT2D eigenvalue weighted by Gasteiger charge is -2.04. The number of fused-ring (bicyclic) bond motifs is 1. The monoisotopic (exact) mass is 330 g/mol. The van der Waals surface area contributed by atoms with Crippen LogP contribution in [0.4, 0.5) is 0 Å².